The largest absolute Gasteiger partial charge is 0.481 e. The predicted molar refractivity (Wildman–Crippen MR) is 98.9 cm³/mol. The van der Waals surface area contributed by atoms with Gasteiger partial charge in [0.25, 0.3) is 0 Å². The Morgan fingerprint density at radius 2 is 1.42 bits per heavy atom. The molecular weight excluding hydrogens is 324 g/mol. The molecule has 0 saturated heterocycles. The van der Waals surface area contributed by atoms with E-state index in [1.54, 1.807) is 0 Å². The van der Waals surface area contributed by atoms with Crippen molar-refractivity contribution in [2.24, 2.45) is 0 Å². The third kappa shape index (κ3) is 6.93. The molecule has 0 saturated carbocycles. The van der Waals surface area contributed by atoms with E-state index in [1.165, 1.54) is 6.04 Å². The van der Waals surface area contributed by atoms with Crippen LogP contribution in [0.4, 0.5) is 0 Å². The zero-order valence-electron chi connectivity index (χ0n) is 16.2. The van der Waals surface area contributed by atoms with Crippen LogP contribution in [-0.2, 0) is 14.3 Å². The van der Waals surface area contributed by atoms with Gasteiger partial charge < -0.3 is 14.9 Å². The average Bonchev–Trinajstić information content (AvgIpc) is 2.44. The first-order valence-electron chi connectivity index (χ1n) is 9.12. The molecule has 0 radical (unpaired) electrons. The summed E-state index contributed by atoms with van der Waals surface area (Å²) in [5, 5.41) is 17.9. The molecule has 6 heteroatoms. The Bertz CT molecular complexity index is 371. The van der Waals surface area contributed by atoms with Crippen LogP contribution in [0.2, 0.25) is 22.7 Å². The lowest BCUT2D eigenvalue weighted by Crippen LogP contribution is -2.44. The number of carbonyl (C=O) groups excluding carboxylic acids is 1. The first kappa shape index (κ1) is 23.1. The number of hydrogen-bond acceptors (Lipinski definition) is 4. The van der Waals surface area contributed by atoms with Gasteiger partial charge in [0, 0.05) is 0 Å². The van der Waals surface area contributed by atoms with E-state index in [0.29, 0.717) is 0 Å². The molecule has 0 bridgehead atoms. The van der Waals surface area contributed by atoms with Crippen LogP contribution in [0.15, 0.2) is 0 Å². The smallest absolute Gasteiger partial charge is 0.335 e. The Labute approximate surface area is 147 Å². The summed E-state index contributed by atoms with van der Waals surface area (Å²) < 4.78 is 4.94. The van der Waals surface area contributed by atoms with Crippen molar-refractivity contribution in [3.63, 3.8) is 0 Å². The summed E-state index contributed by atoms with van der Waals surface area (Å²) in [5.74, 6) is -2.05. The van der Waals surface area contributed by atoms with Crippen LogP contribution in [0.5, 0.6) is 0 Å². The van der Waals surface area contributed by atoms with Crippen molar-refractivity contribution >= 4 is 20.0 Å². The van der Waals surface area contributed by atoms with E-state index in [1.807, 2.05) is 0 Å². The Balaban J connectivity index is 4.20. The fourth-order valence-electron chi connectivity index (χ4n) is 4.09. The first-order valence-corrected chi connectivity index (χ1v) is 11.6. The molecule has 24 heavy (non-hydrogen) atoms. The van der Waals surface area contributed by atoms with Gasteiger partial charge in [-0.1, -0.05) is 77.1 Å². The molecule has 142 valence electrons. The predicted octanol–water partition coefficient (Wildman–Crippen LogP) is 4.21. The minimum Gasteiger partial charge on any atom is -0.481 e. The number of carboxylic acids is 1. The number of aliphatic hydroxyl groups excluding tert-OH is 1. The molecule has 0 aromatic carbocycles. The Morgan fingerprint density at radius 1 is 0.917 bits per heavy atom. The molecule has 1 unspecified atom stereocenters. The summed E-state index contributed by atoms with van der Waals surface area (Å²) in [4.78, 5) is 21.8. The highest BCUT2D eigenvalue weighted by atomic mass is 28.3. The number of aliphatic hydroxyl groups is 1. The fraction of sp³-hybridized carbons (Fsp3) is 0.889. The van der Waals surface area contributed by atoms with E-state index in [2.05, 4.69) is 41.5 Å². The van der Waals surface area contributed by atoms with Crippen LogP contribution in [-0.4, -0.2) is 42.9 Å². The van der Waals surface area contributed by atoms with E-state index >= 15 is 0 Å². The number of unbranched alkanes of at least 4 members (excludes halogenated alkanes) is 2. The lowest BCUT2D eigenvalue weighted by molar-refractivity contribution is -0.158. The molecule has 0 spiro atoms. The zero-order chi connectivity index (χ0) is 18.9. The van der Waals surface area contributed by atoms with Gasteiger partial charge in [0.05, 0.1) is 21.1 Å². The molecule has 0 aliphatic heterocycles. The van der Waals surface area contributed by atoms with E-state index in [4.69, 9.17) is 9.84 Å². The lowest BCUT2D eigenvalue weighted by atomic mass is 10.2. The van der Waals surface area contributed by atoms with Gasteiger partial charge in [-0.15, -0.1) is 0 Å². The SMILES string of the molecule is CC(C)[Si](CCCCCOC(=O)C(O)CC(=O)O)(C(C)C)C(C)C. The highest BCUT2D eigenvalue weighted by Crippen LogP contribution is 2.45. The molecule has 0 rings (SSSR count). The van der Waals surface area contributed by atoms with Gasteiger partial charge in [-0.2, -0.15) is 0 Å². The molecule has 0 aromatic heterocycles. The van der Waals surface area contributed by atoms with Gasteiger partial charge in [-0.25, -0.2) is 4.79 Å². The Kier molecular flexibility index (Phi) is 10.5. The first-order chi connectivity index (χ1) is 11.1. The minimum atomic E-state index is -1.56. The number of carboxylic acid groups (broad SMARTS) is 1. The molecule has 0 heterocycles. The Hall–Kier alpha value is -0.883. The van der Waals surface area contributed by atoms with Gasteiger partial charge in [0.15, 0.2) is 6.10 Å². The number of hydrogen-bond donors (Lipinski definition) is 2. The minimum absolute atomic E-state index is 0.245. The van der Waals surface area contributed by atoms with Gasteiger partial charge in [0.1, 0.15) is 0 Å². The standard InChI is InChI=1S/C18H36O5Si/c1-13(2)24(14(3)4,15(5)6)11-9-7-8-10-23-18(22)16(19)12-17(20)21/h13-16,19H,7-12H2,1-6H3,(H,20,21). The summed E-state index contributed by atoms with van der Waals surface area (Å²) in [6.07, 6.45) is 0.707. The third-order valence-electron chi connectivity index (χ3n) is 5.36. The molecule has 0 aromatic rings. The maximum absolute atomic E-state index is 11.4. The van der Waals surface area contributed by atoms with E-state index in [-0.39, 0.29) is 6.61 Å². The number of aliphatic carboxylic acids is 1. The van der Waals surface area contributed by atoms with Crippen LogP contribution in [0.25, 0.3) is 0 Å². The summed E-state index contributed by atoms with van der Waals surface area (Å²) in [7, 11) is -1.36. The van der Waals surface area contributed by atoms with E-state index < -0.39 is 32.5 Å². The molecule has 2 N–H and O–H groups in total. The van der Waals surface area contributed by atoms with Crippen molar-refractivity contribution in [1.29, 1.82) is 0 Å². The third-order valence-corrected chi connectivity index (χ3v) is 13.0. The number of ether oxygens (including phenoxy) is 1. The molecule has 0 fully saturated rings. The number of esters is 1. The molecule has 5 nitrogen and oxygen atoms in total. The lowest BCUT2D eigenvalue weighted by Gasteiger charge is -2.43. The van der Waals surface area contributed by atoms with E-state index in [9.17, 15) is 14.7 Å². The van der Waals surface area contributed by atoms with Gasteiger partial charge in [0.2, 0.25) is 0 Å². The van der Waals surface area contributed by atoms with Crippen molar-refractivity contribution in [2.75, 3.05) is 6.61 Å². The monoisotopic (exact) mass is 360 g/mol. The highest BCUT2D eigenvalue weighted by Gasteiger charge is 2.41. The average molecular weight is 361 g/mol. The van der Waals surface area contributed by atoms with Crippen LogP contribution in [0.3, 0.4) is 0 Å². The second kappa shape index (κ2) is 10.9. The number of rotatable bonds is 12. The molecular formula is C18H36O5Si. The van der Waals surface area contributed by atoms with E-state index in [0.717, 1.165) is 35.9 Å². The van der Waals surface area contributed by atoms with Gasteiger partial charge >= 0.3 is 11.9 Å². The number of carbonyl (C=O) groups is 2. The van der Waals surface area contributed by atoms with Crippen molar-refractivity contribution < 1.29 is 24.5 Å². The summed E-state index contributed by atoms with van der Waals surface area (Å²) >= 11 is 0. The zero-order valence-corrected chi connectivity index (χ0v) is 17.2. The maximum Gasteiger partial charge on any atom is 0.335 e. The quantitative estimate of drug-likeness (QED) is 0.309. The van der Waals surface area contributed by atoms with Crippen LogP contribution in [0.1, 0.15) is 67.2 Å². The van der Waals surface area contributed by atoms with Gasteiger partial charge in [-0.05, 0) is 6.42 Å². The van der Waals surface area contributed by atoms with Crippen molar-refractivity contribution in [1.82, 2.24) is 0 Å². The second-order valence-corrected chi connectivity index (χ2v) is 13.9. The van der Waals surface area contributed by atoms with Crippen LogP contribution in [0, 0.1) is 0 Å². The van der Waals surface area contributed by atoms with Crippen molar-refractivity contribution in [2.45, 2.75) is 96.0 Å². The maximum atomic E-state index is 11.4. The van der Waals surface area contributed by atoms with Crippen LogP contribution >= 0.6 is 0 Å². The topological polar surface area (TPSA) is 83.8 Å². The molecule has 0 aliphatic rings. The fourth-order valence-corrected chi connectivity index (χ4v) is 10.7. The molecule has 0 amide bonds. The summed E-state index contributed by atoms with van der Waals surface area (Å²) in [5.41, 5.74) is 2.25. The van der Waals surface area contributed by atoms with Crippen molar-refractivity contribution in [3.05, 3.63) is 0 Å². The van der Waals surface area contributed by atoms with Crippen LogP contribution < -0.4 is 0 Å². The van der Waals surface area contributed by atoms with Gasteiger partial charge in [-0.3, -0.25) is 4.79 Å². The Morgan fingerprint density at radius 3 is 1.83 bits per heavy atom. The normalized spacial score (nSPS) is 13.6. The summed E-state index contributed by atoms with van der Waals surface area (Å²) in [6.45, 7) is 14.4. The van der Waals surface area contributed by atoms with Crippen molar-refractivity contribution in [3.8, 4) is 0 Å². The second-order valence-electron chi connectivity index (χ2n) is 7.67. The summed E-state index contributed by atoms with van der Waals surface area (Å²) in [6, 6.07) is 1.29. The molecule has 1 atom stereocenters. The highest BCUT2D eigenvalue weighted by molar-refractivity contribution is 6.83. The molecule has 0 aliphatic carbocycles.